The van der Waals surface area contributed by atoms with E-state index < -0.39 is 0 Å². The minimum Gasteiger partial charge on any atom is -0.223 e. The maximum atomic E-state index is 4.12. The molecule has 76 valence electrons. The lowest BCUT2D eigenvalue weighted by Gasteiger charge is -2.09. The third-order valence-electron chi connectivity index (χ3n) is 2.28. The zero-order valence-electron chi connectivity index (χ0n) is 8.94. The van der Waals surface area contributed by atoms with Crippen LogP contribution < -0.4 is 0 Å². The molecule has 0 aliphatic carbocycles. The molecule has 0 unspecified atom stereocenters. The van der Waals surface area contributed by atoms with Crippen LogP contribution in [0.3, 0.4) is 0 Å². The van der Waals surface area contributed by atoms with Crippen LogP contribution in [0.4, 0.5) is 0 Å². The zero-order valence-corrected chi connectivity index (χ0v) is 8.94. The molecule has 0 N–H and O–H groups in total. The van der Waals surface area contributed by atoms with E-state index in [0.29, 0.717) is 0 Å². The van der Waals surface area contributed by atoms with Crippen LogP contribution in [0.5, 0.6) is 0 Å². The molecule has 0 aliphatic heterocycles. The van der Waals surface area contributed by atoms with Crippen LogP contribution in [0, 0.1) is 6.92 Å². The summed E-state index contributed by atoms with van der Waals surface area (Å²) < 4.78 is 1.75. The summed E-state index contributed by atoms with van der Waals surface area (Å²) >= 11 is 0. The topological polar surface area (TPSA) is 30.7 Å². The molecule has 0 radical (unpaired) electrons. The van der Waals surface area contributed by atoms with Gasteiger partial charge in [0.1, 0.15) is 12.7 Å². The van der Waals surface area contributed by atoms with Crippen molar-refractivity contribution in [2.45, 2.75) is 13.8 Å². The zero-order chi connectivity index (χ0) is 10.8. The van der Waals surface area contributed by atoms with Gasteiger partial charge in [0.15, 0.2) is 0 Å². The Bertz CT molecular complexity index is 484. The number of hydrogen-bond acceptors (Lipinski definition) is 2. The van der Waals surface area contributed by atoms with Gasteiger partial charge in [-0.05, 0) is 31.6 Å². The second kappa shape index (κ2) is 3.69. The number of aromatic nitrogens is 3. The van der Waals surface area contributed by atoms with Crippen molar-refractivity contribution < 1.29 is 0 Å². The highest BCUT2D eigenvalue weighted by Crippen LogP contribution is 2.21. The number of rotatable bonds is 2. The molecule has 3 heteroatoms. The number of allylic oxidation sites excluding steroid dienone is 1. The molecule has 0 bridgehead atoms. The normalized spacial score (nSPS) is 10.3. The van der Waals surface area contributed by atoms with E-state index in [9.17, 15) is 0 Å². The van der Waals surface area contributed by atoms with Gasteiger partial charge in [0.2, 0.25) is 0 Å². The first-order valence-electron chi connectivity index (χ1n) is 4.80. The summed E-state index contributed by atoms with van der Waals surface area (Å²) in [5.74, 6) is 0. The molecule has 0 spiro atoms. The fourth-order valence-corrected chi connectivity index (χ4v) is 1.52. The van der Waals surface area contributed by atoms with E-state index in [4.69, 9.17) is 0 Å². The Morgan fingerprint density at radius 2 is 2.20 bits per heavy atom. The molecule has 1 heterocycles. The Labute approximate surface area is 89.1 Å². The Hall–Kier alpha value is -1.90. The fraction of sp³-hybridized carbons (Fsp3) is 0.167. The predicted molar refractivity (Wildman–Crippen MR) is 60.8 cm³/mol. The summed E-state index contributed by atoms with van der Waals surface area (Å²) in [4.78, 5) is 3.94. The van der Waals surface area contributed by atoms with Crippen LogP contribution in [0.2, 0.25) is 0 Å². The van der Waals surface area contributed by atoms with Gasteiger partial charge in [-0.2, -0.15) is 5.10 Å². The Balaban J connectivity index is 2.61. The van der Waals surface area contributed by atoms with Crippen LogP contribution >= 0.6 is 0 Å². The molecule has 0 aliphatic rings. The third kappa shape index (κ3) is 1.81. The van der Waals surface area contributed by atoms with Crippen molar-refractivity contribution in [3.63, 3.8) is 0 Å². The van der Waals surface area contributed by atoms with E-state index in [1.165, 1.54) is 11.9 Å². The van der Waals surface area contributed by atoms with E-state index >= 15 is 0 Å². The van der Waals surface area contributed by atoms with Gasteiger partial charge < -0.3 is 0 Å². The van der Waals surface area contributed by atoms with Crippen molar-refractivity contribution in [3.05, 3.63) is 48.6 Å². The molecule has 0 atom stereocenters. The van der Waals surface area contributed by atoms with Crippen molar-refractivity contribution in [2.75, 3.05) is 0 Å². The van der Waals surface area contributed by atoms with Gasteiger partial charge in [0, 0.05) is 5.56 Å². The SMILES string of the molecule is C=C(C)c1cc(C)ccc1-n1cncn1. The molecule has 2 rings (SSSR count). The molecule has 1 aromatic heterocycles. The summed E-state index contributed by atoms with van der Waals surface area (Å²) in [6.07, 6.45) is 3.22. The molecule has 0 fully saturated rings. The Morgan fingerprint density at radius 1 is 1.40 bits per heavy atom. The van der Waals surface area contributed by atoms with Crippen molar-refractivity contribution in [2.24, 2.45) is 0 Å². The molecule has 0 amide bonds. The van der Waals surface area contributed by atoms with Gasteiger partial charge in [0.25, 0.3) is 0 Å². The van der Waals surface area contributed by atoms with Crippen molar-refractivity contribution >= 4 is 5.57 Å². The van der Waals surface area contributed by atoms with Crippen LogP contribution in [0.25, 0.3) is 11.3 Å². The van der Waals surface area contributed by atoms with E-state index in [1.807, 2.05) is 13.0 Å². The largest absolute Gasteiger partial charge is 0.223 e. The second-order valence-electron chi connectivity index (χ2n) is 3.64. The van der Waals surface area contributed by atoms with Crippen LogP contribution in [-0.2, 0) is 0 Å². The standard InChI is InChI=1S/C12H13N3/c1-9(2)11-6-10(3)4-5-12(11)15-8-13-7-14-15/h4-8H,1H2,2-3H3. The molecule has 2 aromatic rings. The van der Waals surface area contributed by atoms with E-state index in [1.54, 1.807) is 11.0 Å². The van der Waals surface area contributed by atoms with Gasteiger partial charge in [-0.15, -0.1) is 0 Å². The van der Waals surface area contributed by atoms with Crippen LogP contribution in [0.15, 0.2) is 37.4 Å². The molecule has 0 saturated carbocycles. The molecule has 0 saturated heterocycles. The smallest absolute Gasteiger partial charge is 0.138 e. The summed E-state index contributed by atoms with van der Waals surface area (Å²) in [5.41, 5.74) is 4.38. The average Bonchev–Trinajstić information content (AvgIpc) is 2.70. The van der Waals surface area contributed by atoms with Crippen LogP contribution in [-0.4, -0.2) is 14.8 Å². The van der Waals surface area contributed by atoms with Gasteiger partial charge in [-0.1, -0.05) is 18.2 Å². The van der Waals surface area contributed by atoms with Crippen molar-refractivity contribution in [3.8, 4) is 5.69 Å². The number of aryl methyl sites for hydroxylation is 1. The van der Waals surface area contributed by atoms with E-state index in [-0.39, 0.29) is 0 Å². The van der Waals surface area contributed by atoms with Gasteiger partial charge in [0.05, 0.1) is 5.69 Å². The predicted octanol–water partition coefficient (Wildman–Crippen LogP) is 2.61. The molecule has 15 heavy (non-hydrogen) atoms. The van der Waals surface area contributed by atoms with Gasteiger partial charge in [-0.3, -0.25) is 0 Å². The van der Waals surface area contributed by atoms with Gasteiger partial charge in [-0.25, -0.2) is 9.67 Å². The summed E-state index contributed by atoms with van der Waals surface area (Å²) in [6.45, 7) is 8.04. The highest BCUT2D eigenvalue weighted by molar-refractivity contribution is 5.69. The highest BCUT2D eigenvalue weighted by atomic mass is 15.3. The maximum Gasteiger partial charge on any atom is 0.138 e. The Morgan fingerprint density at radius 3 is 2.80 bits per heavy atom. The molecule has 3 nitrogen and oxygen atoms in total. The third-order valence-corrected chi connectivity index (χ3v) is 2.28. The lowest BCUT2D eigenvalue weighted by atomic mass is 10.0. The Kier molecular flexibility index (Phi) is 2.37. The minimum absolute atomic E-state index is 1.02. The van der Waals surface area contributed by atoms with E-state index in [0.717, 1.165) is 16.8 Å². The average molecular weight is 199 g/mol. The van der Waals surface area contributed by atoms with E-state index in [2.05, 4.69) is 35.7 Å². The number of benzene rings is 1. The molecular weight excluding hydrogens is 186 g/mol. The lowest BCUT2D eigenvalue weighted by molar-refractivity contribution is 0.875. The highest BCUT2D eigenvalue weighted by Gasteiger charge is 2.05. The fourth-order valence-electron chi connectivity index (χ4n) is 1.52. The summed E-state index contributed by atoms with van der Waals surface area (Å²) in [6, 6.07) is 6.21. The van der Waals surface area contributed by atoms with Crippen LogP contribution in [0.1, 0.15) is 18.1 Å². The number of nitrogens with zero attached hydrogens (tertiary/aromatic N) is 3. The second-order valence-corrected chi connectivity index (χ2v) is 3.64. The van der Waals surface area contributed by atoms with Gasteiger partial charge >= 0.3 is 0 Å². The minimum atomic E-state index is 1.02. The maximum absolute atomic E-state index is 4.12. The summed E-state index contributed by atoms with van der Waals surface area (Å²) in [5, 5.41) is 4.12. The first kappa shape index (κ1) is 9.65. The molecular formula is C12H13N3. The molecule has 1 aromatic carbocycles. The monoisotopic (exact) mass is 199 g/mol. The van der Waals surface area contributed by atoms with Crippen molar-refractivity contribution in [1.29, 1.82) is 0 Å². The summed E-state index contributed by atoms with van der Waals surface area (Å²) in [7, 11) is 0. The lowest BCUT2D eigenvalue weighted by Crippen LogP contribution is -1.99. The number of hydrogen-bond donors (Lipinski definition) is 0. The quantitative estimate of drug-likeness (QED) is 0.744. The van der Waals surface area contributed by atoms with Crippen molar-refractivity contribution in [1.82, 2.24) is 14.8 Å². The first-order chi connectivity index (χ1) is 7.18. The first-order valence-corrected chi connectivity index (χ1v) is 4.80.